The molecule has 0 fully saturated rings. The molecule has 90 valence electrons. The fraction of sp³-hybridized carbons (Fsp3) is 0.538. The van der Waals surface area contributed by atoms with Gasteiger partial charge in [0, 0.05) is 11.0 Å². The molecule has 1 aromatic rings. The van der Waals surface area contributed by atoms with Crippen LogP contribution in [0.5, 0.6) is 0 Å². The average Bonchev–Trinajstić information content (AvgIpc) is 2.29. The zero-order chi connectivity index (χ0) is 11.8. The molecule has 1 unspecified atom stereocenters. The van der Waals surface area contributed by atoms with Crippen molar-refractivity contribution in [2.45, 2.75) is 32.3 Å². The minimum atomic E-state index is -0.190. The Morgan fingerprint density at radius 3 is 2.81 bits per heavy atom. The van der Waals surface area contributed by atoms with Crippen LogP contribution in [0.2, 0.25) is 0 Å². The van der Waals surface area contributed by atoms with Gasteiger partial charge in [0.05, 0.1) is 6.10 Å². The van der Waals surface area contributed by atoms with Crippen molar-refractivity contribution in [2.24, 2.45) is 0 Å². The van der Waals surface area contributed by atoms with Crippen LogP contribution >= 0.6 is 22.6 Å². The zero-order valence-corrected chi connectivity index (χ0v) is 11.7. The van der Waals surface area contributed by atoms with Gasteiger partial charge in [0.2, 0.25) is 0 Å². The molecule has 0 aromatic heterocycles. The van der Waals surface area contributed by atoms with E-state index in [0.29, 0.717) is 0 Å². The Kier molecular flexibility index (Phi) is 6.96. The molecule has 0 aliphatic rings. The van der Waals surface area contributed by atoms with E-state index in [4.69, 9.17) is 4.74 Å². The molecule has 1 nitrogen and oxygen atoms in total. The van der Waals surface area contributed by atoms with Crippen LogP contribution in [0.4, 0.5) is 4.39 Å². The fourth-order valence-corrected chi connectivity index (χ4v) is 2.28. The van der Waals surface area contributed by atoms with Crippen molar-refractivity contribution < 1.29 is 9.13 Å². The molecule has 0 heterocycles. The Morgan fingerprint density at radius 1 is 1.38 bits per heavy atom. The lowest BCUT2D eigenvalue weighted by Crippen LogP contribution is -2.07. The molecule has 0 aliphatic heterocycles. The molecule has 16 heavy (non-hydrogen) atoms. The van der Waals surface area contributed by atoms with Gasteiger partial charge >= 0.3 is 0 Å². The molecule has 0 radical (unpaired) electrons. The highest BCUT2D eigenvalue weighted by molar-refractivity contribution is 14.1. The first-order chi connectivity index (χ1) is 7.77. The Bertz CT molecular complexity index is 304. The summed E-state index contributed by atoms with van der Waals surface area (Å²) in [4.78, 5) is 0. The Morgan fingerprint density at radius 2 is 2.19 bits per heavy atom. The highest BCUT2D eigenvalue weighted by Crippen LogP contribution is 2.21. The maximum Gasteiger partial charge on any atom is 0.123 e. The zero-order valence-electron chi connectivity index (χ0n) is 9.59. The van der Waals surface area contributed by atoms with Crippen LogP contribution < -0.4 is 0 Å². The summed E-state index contributed by atoms with van der Waals surface area (Å²) in [5.74, 6) is -0.190. The smallest absolute Gasteiger partial charge is 0.123 e. The van der Waals surface area contributed by atoms with Gasteiger partial charge in [-0.1, -0.05) is 54.5 Å². The summed E-state index contributed by atoms with van der Waals surface area (Å²) >= 11 is 2.28. The van der Waals surface area contributed by atoms with Crippen molar-refractivity contribution in [1.29, 1.82) is 0 Å². The third kappa shape index (κ3) is 4.78. The van der Waals surface area contributed by atoms with Gasteiger partial charge in [-0.3, -0.25) is 0 Å². The lowest BCUT2D eigenvalue weighted by Gasteiger charge is -2.15. The van der Waals surface area contributed by atoms with E-state index in [-0.39, 0.29) is 11.9 Å². The summed E-state index contributed by atoms with van der Waals surface area (Å²) in [5, 5.41) is 0. The van der Waals surface area contributed by atoms with E-state index in [9.17, 15) is 4.39 Å². The van der Waals surface area contributed by atoms with E-state index in [1.54, 1.807) is 12.1 Å². The van der Waals surface area contributed by atoms with E-state index < -0.39 is 0 Å². The molecule has 0 saturated carbocycles. The second kappa shape index (κ2) is 8.01. The Hall–Kier alpha value is -0.160. The molecule has 1 atom stereocenters. The van der Waals surface area contributed by atoms with Crippen molar-refractivity contribution in [3.05, 3.63) is 35.6 Å². The molecule has 1 rings (SSSR count). The van der Waals surface area contributed by atoms with Crippen molar-refractivity contribution in [3.63, 3.8) is 0 Å². The normalized spacial score (nSPS) is 12.7. The number of hydrogen-bond acceptors (Lipinski definition) is 1. The molecular weight excluding hydrogens is 318 g/mol. The molecule has 0 spiro atoms. The van der Waals surface area contributed by atoms with Crippen molar-refractivity contribution in [1.82, 2.24) is 0 Å². The highest BCUT2D eigenvalue weighted by Gasteiger charge is 2.10. The van der Waals surface area contributed by atoms with Crippen molar-refractivity contribution in [2.75, 3.05) is 11.0 Å². The summed E-state index contributed by atoms with van der Waals surface area (Å²) in [6.45, 7) is 2.93. The number of hydrogen-bond donors (Lipinski definition) is 0. The molecule has 0 amide bonds. The van der Waals surface area contributed by atoms with Crippen molar-refractivity contribution in [3.8, 4) is 0 Å². The number of rotatable bonds is 7. The summed E-state index contributed by atoms with van der Waals surface area (Å²) in [6, 6.07) is 6.68. The molecular formula is C13H18FIO. The summed E-state index contributed by atoms with van der Waals surface area (Å²) < 4.78 is 19.7. The lowest BCUT2D eigenvalue weighted by molar-refractivity contribution is 0.0679. The number of benzene rings is 1. The second-order valence-electron chi connectivity index (χ2n) is 3.78. The van der Waals surface area contributed by atoms with Crippen LogP contribution in [-0.4, -0.2) is 11.0 Å². The third-order valence-corrected chi connectivity index (χ3v) is 3.23. The quantitative estimate of drug-likeness (QED) is 0.404. The van der Waals surface area contributed by atoms with E-state index in [0.717, 1.165) is 23.0 Å². The van der Waals surface area contributed by atoms with Gasteiger partial charge in [0.1, 0.15) is 5.82 Å². The maximum atomic E-state index is 13.0. The van der Waals surface area contributed by atoms with Crippen LogP contribution in [0, 0.1) is 5.82 Å². The first-order valence-corrected chi connectivity index (χ1v) is 7.23. The summed E-state index contributed by atoms with van der Waals surface area (Å²) in [7, 11) is 0. The Balaban J connectivity index is 2.47. The van der Waals surface area contributed by atoms with Crippen LogP contribution in [0.25, 0.3) is 0 Å². The molecule has 0 N–H and O–H groups in total. The van der Waals surface area contributed by atoms with Crippen LogP contribution in [-0.2, 0) is 4.74 Å². The standard InChI is InChI=1S/C13H18FIO/c1-2-3-4-8-16-13(10-15)11-6-5-7-12(14)9-11/h5-7,9,13H,2-4,8,10H2,1H3. The first kappa shape index (κ1) is 13.9. The summed E-state index contributed by atoms with van der Waals surface area (Å²) in [6.07, 6.45) is 3.49. The topological polar surface area (TPSA) is 9.23 Å². The van der Waals surface area contributed by atoms with E-state index in [1.165, 1.54) is 18.9 Å². The van der Waals surface area contributed by atoms with Crippen LogP contribution in [0.15, 0.2) is 24.3 Å². The lowest BCUT2D eigenvalue weighted by atomic mass is 10.1. The number of ether oxygens (including phenoxy) is 1. The number of alkyl halides is 1. The molecule has 0 bridgehead atoms. The van der Waals surface area contributed by atoms with Crippen LogP contribution in [0.1, 0.15) is 37.9 Å². The number of halogens is 2. The predicted molar refractivity (Wildman–Crippen MR) is 73.5 cm³/mol. The minimum Gasteiger partial charge on any atom is -0.373 e. The monoisotopic (exact) mass is 336 g/mol. The van der Waals surface area contributed by atoms with Gasteiger partial charge < -0.3 is 4.74 Å². The summed E-state index contributed by atoms with van der Waals surface area (Å²) in [5.41, 5.74) is 0.936. The van der Waals surface area contributed by atoms with Crippen LogP contribution in [0.3, 0.4) is 0 Å². The van der Waals surface area contributed by atoms with Gasteiger partial charge in [0.25, 0.3) is 0 Å². The van der Waals surface area contributed by atoms with Gasteiger partial charge in [-0.2, -0.15) is 0 Å². The molecule has 0 saturated heterocycles. The van der Waals surface area contributed by atoms with Gasteiger partial charge in [-0.25, -0.2) is 4.39 Å². The van der Waals surface area contributed by atoms with Crippen molar-refractivity contribution >= 4 is 22.6 Å². The Labute approximate surface area is 111 Å². The molecule has 3 heteroatoms. The third-order valence-electron chi connectivity index (χ3n) is 2.43. The largest absolute Gasteiger partial charge is 0.373 e. The average molecular weight is 336 g/mol. The van der Waals surface area contributed by atoms with E-state index in [2.05, 4.69) is 29.5 Å². The SMILES string of the molecule is CCCCCOC(CI)c1cccc(F)c1. The minimum absolute atomic E-state index is 0.0214. The van der Waals surface area contributed by atoms with E-state index in [1.807, 2.05) is 6.07 Å². The second-order valence-corrected chi connectivity index (χ2v) is 4.66. The van der Waals surface area contributed by atoms with E-state index >= 15 is 0 Å². The van der Waals surface area contributed by atoms with Gasteiger partial charge in [0.15, 0.2) is 0 Å². The predicted octanol–water partition coefficient (Wildman–Crippen LogP) is 4.51. The maximum absolute atomic E-state index is 13.0. The molecule has 0 aliphatic carbocycles. The highest BCUT2D eigenvalue weighted by atomic mass is 127. The van der Waals surface area contributed by atoms with Gasteiger partial charge in [-0.05, 0) is 24.1 Å². The van der Waals surface area contributed by atoms with Gasteiger partial charge in [-0.15, -0.1) is 0 Å². The number of unbranched alkanes of at least 4 members (excludes halogenated alkanes) is 2. The first-order valence-electron chi connectivity index (χ1n) is 5.71. The molecule has 1 aromatic carbocycles. The fourth-order valence-electron chi connectivity index (χ4n) is 1.51.